The van der Waals surface area contributed by atoms with Gasteiger partial charge in [-0.25, -0.2) is 9.78 Å². The second-order valence-corrected chi connectivity index (χ2v) is 10.3. The molecule has 10 heteroatoms. The summed E-state index contributed by atoms with van der Waals surface area (Å²) < 4.78 is 35.9. The summed E-state index contributed by atoms with van der Waals surface area (Å²) in [5.41, 5.74) is 1.96. The number of fused-ring (bicyclic) bond motifs is 3. The van der Waals surface area contributed by atoms with E-state index < -0.39 is 24.1 Å². The molecule has 37 heavy (non-hydrogen) atoms. The van der Waals surface area contributed by atoms with Crippen LogP contribution in [0.25, 0.3) is 22.4 Å². The number of nitrogens with one attached hydrogen (secondary N) is 2. The van der Waals surface area contributed by atoms with Gasteiger partial charge >= 0.3 is 6.09 Å². The zero-order valence-electron chi connectivity index (χ0n) is 20.4. The van der Waals surface area contributed by atoms with Crippen LogP contribution < -0.4 is 5.32 Å². The number of halogens is 3. The quantitative estimate of drug-likeness (QED) is 0.381. The predicted molar refractivity (Wildman–Crippen MR) is 138 cm³/mol. The molecule has 2 N–H and O–H groups in total. The van der Waals surface area contributed by atoms with Crippen LogP contribution in [0.1, 0.15) is 36.8 Å². The largest absolute Gasteiger partial charge is 0.453 e. The lowest BCUT2D eigenvalue weighted by Gasteiger charge is -2.29. The first-order chi connectivity index (χ1) is 17.6. The Morgan fingerprint density at radius 2 is 1.89 bits per heavy atom. The number of alkyl halides is 2. The maximum absolute atomic E-state index is 15.3. The van der Waals surface area contributed by atoms with E-state index >= 15 is 8.78 Å². The summed E-state index contributed by atoms with van der Waals surface area (Å²) in [7, 11) is 1.24. The highest BCUT2D eigenvalue weighted by Crippen LogP contribution is 2.52. The second kappa shape index (κ2) is 9.41. The van der Waals surface area contributed by atoms with Crippen LogP contribution in [0, 0.1) is 5.92 Å². The van der Waals surface area contributed by atoms with E-state index in [0.717, 1.165) is 0 Å². The second-order valence-electron chi connectivity index (χ2n) is 9.42. The zero-order chi connectivity index (χ0) is 26.5. The molecule has 2 atom stereocenters. The topological polar surface area (TPSA) is 87.3 Å². The van der Waals surface area contributed by atoms with Crippen molar-refractivity contribution in [1.29, 1.82) is 0 Å². The van der Waals surface area contributed by atoms with Crippen LogP contribution in [-0.4, -0.2) is 46.6 Å². The minimum absolute atomic E-state index is 0.0257. The molecule has 192 valence electrons. The van der Waals surface area contributed by atoms with Gasteiger partial charge < -0.3 is 19.9 Å². The average molecular weight is 571 g/mol. The molecule has 0 spiro atoms. The van der Waals surface area contributed by atoms with E-state index in [1.807, 2.05) is 26.0 Å². The Hall–Kier alpha value is -3.53. The van der Waals surface area contributed by atoms with Crippen LogP contribution in [0.15, 0.2) is 59.2 Å². The van der Waals surface area contributed by atoms with Crippen LogP contribution in [-0.2, 0) is 15.5 Å². The van der Waals surface area contributed by atoms with Gasteiger partial charge in [-0.2, -0.15) is 8.78 Å². The number of aromatic nitrogens is 2. The number of hydrogen-bond acceptors (Lipinski definition) is 4. The van der Waals surface area contributed by atoms with Crippen molar-refractivity contribution in [3.05, 3.63) is 76.2 Å². The summed E-state index contributed by atoms with van der Waals surface area (Å²) >= 11 is 3.29. The molecule has 2 heterocycles. The Kier molecular flexibility index (Phi) is 6.39. The van der Waals surface area contributed by atoms with E-state index in [4.69, 9.17) is 0 Å². The highest BCUT2D eigenvalue weighted by atomic mass is 79.9. The van der Waals surface area contributed by atoms with Gasteiger partial charge in [-0.15, -0.1) is 0 Å². The SMILES string of the molecule is COC(=O)N[C@H](C(=O)N1CC=C[C@H]1c1nc(-c2ccc3c(c2)C(F)(F)c2cc(Br)ccc2-3)c[nH]1)C(C)C. The lowest BCUT2D eigenvalue weighted by molar-refractivity contribution is -0.135. The fraction of sp³-hybridized carbons (Fsp3) is 0.296. The molecule has 7 nitrogen and oxygen atoms in total. The van der Waals surface area contributed by atoms with E-state index in [9.17, 15) is 9.59 Å². The third kappa shape index (κ3) is 4.33. The number of aromatic amines is 1. The summed E-state index contributed by atoms with van der Waals surface area (Å²) in [6.45, 7) is 4.02. The van der Waals surface area contributed by atoms with Crippen molar-refractivity contribution in [3.8, 4) is 22.4 Å². The molecule has 0 saturated carbocycles. The molecule has 0 saturated heterocycles. The van der Waals surface area contributed by atoms with Crippen LogP contribution in [0.5, 0.6) is 0 Å². The van der Waals surface area contributed by atoms with Crippen molar-refractivity contribution in [2.45, 2.75) is 31.9 Å². The molecule has 1 aromatic heterocycles. The van der Waals surface area contributed by atoms with E-state index in [-0.39, 0.29) is 23.0 Å². The van der Waals surface area contributed by atoms with E-state index in [0.29, 0.717) is 39.2 Å². The molecule has 0 fully saturated rings. The number of hydrogen-bond donors (Lipinski definition) is 2. The van der Waals surface area contributed by atoms with Crippen molar-refractivity contribution in [2.24, 2.45) is 5.92 Å². The van der Waals surface area contributed by atoms with Gasteiger partial charge in [-0.05, 0) is 35.2 Å². The lowest BCUT2D eigenvalue weighted by atomic mass is 10.0. The first-order valence-electron chi connectivity index (χ1n) is 11.8. The first kappa shape index (κ1) is 25.1. The van der Waals surface area contributed by atoms with Crippen molar-refractivity contribution in [2.75, 3.05) is 13.7 Å². The molecule has 5 rings (SSSR count). The number of benzene rings is 2. The van der Waals surface area contributed by atoms with Crippen LogP contribution in [0.2, 0.25) is 0 Å². The number of rotatable bonds is 5. The van der Waals surface area contributed by atoms with E-state index in [1.54, 1.807) is 35.4 Å². The fourth-order valence-electron chi connectivity index (χ4n) is 4.86. The number of methoxy groups -OCH3 is 1. The first-order valence-corrected chi connectivity index (χ1v) is 12.6. The highest BCUT2D eigenvalue weighted by molar-refractivity contribution is 9.10. The van der Waals surface area contributed by atoms with Gasteiger partial charge in [0, 0.05) is 33.9 Å². The smallest absolute Gasteiger partial charge is 0.407 e. The summed E-state index contributed by atoms with van der Waals surface area (Å²) in [4.78, 5) is 34.5. The van der Waals surface area contributed by atoms with Crippen LogP contribution in [0.3, 0.4) is 0 Å². The standard InChI is InChI=1S/C27H25BrF2N4O3/c1-14(2)23(33-26(36)37-3)25(35)34-10-4-5-22(34)24-31-13-21(32-24)15-6-8-17-18-9-7-16(28)12-20(18)27(29,30)19(17)11-15/h4-9,11-14,22-23H,10H2,1-3H3,(H,31,32)(H,33,36)/t22-,23-/m0/s1. The number of carbonyl (C=O) groups excluding carboxylic acids is 2. The lowest BCUT2D eigenvalue weighted by Crippen LogP contribution is -2.51. The van der Waals surface area contributed by atoms with Crippen molar-refractivity contribution < 1.29 is 23.1 Å². The molecule has 0 radical (unpaired) electrons. The summed E-state index contributed by atoms with van der Waals surface area (Å²) in [6.07, 6.45) is 4.67. The Balaban J connectivity index is 1.42. The number of carbonyl (C=O) groups is 2. The molecule has 1 aliphatic carbocycles. The Bertz CT molecular complexity index is 1420. The van der Waals surface area contributed by atoms with Gasteiger partial charge in [0.25, 0.3) is 5.92 Å². The maximum atomic E-state index is 15.3. The number of alkyl carbamates (subject to hydrolysis) is 1. The molecule has 3 aromatic rings. The maximum Gasteiger partial charge on any atom is 0.407 e. The van der Waals surface area contributed by atoms with E-state index in [1.165, 1.54) is 19.2 Å². The number of imidazole rings is 1. The highest BCUT2D eigenvalue weighted by Gasteiger charge is 2.44. The van der Waals surface area contributed by atoms with Gasteiger partial charge in [0.2, 0.25) is 5.91 Å². The summed E-state index contributed by atoms with van der Waals surface area (Å²) in [5.74, 6) is -3.07. The number of nitrogens with zero attached hydrogens (tertiary/aromatic N) is 2. The molecule has 0 bridgehead atoms. The molecule has 2 aromatic carbocycles. The predicted octanol–water partition coefficient (Wildman–Crippen LogP) is 5.78. The minimum atomic E-state index is -3.13. The Labute approximate surface area is 221 Å². The number of H-pyrrole nitrogens is 1. The number of amides is 2. The molecule has 1 aliphatic heterocycles. The third-order valence-electron chi connectivity index (χ3n) is 6.77. The van der Waals surface area contributed by atoms with Gasteiger partial charge in [-0.3, -0.25) is 4.79 Å². The van der Waals surface area contributed by atoms with Crippen molar-refractivity contribution >= 4 is 27.9 Å². The zero-order valence-corrected chi connectivity index (χ0v) is 22.0. The fourth-order valence-corrected chi connectivity index (χ4v) is 5.22. The Morgan fingerprint density at radius 3 is 2.59 bits per heavy atom. The van der Waals surface area contributed by atoms with Crippen LogP contribution in [0.4, 0.5) is 13.6 Å². The molecule has 0 unspecified atom stereocenters. The van der Waals surface area contributed by atoms with Gasteiger partial charge in [0.15, 0.2) is 0 Å². The summed E-state index contributed by atoms with van der Waals surface area (Å²) in [5, 5.41) is 2.60. The monoisotopic (exact) mass is 570 g/mol. The molecule has 2 amide bonds. The van der Waals surface area contributed by atoms with Crippen molar-refractivity contribution in [3.63, 3.8) is 0 Å². The van der Waals surface area contributed by atoms with E-state index in [2.05, 4.69) is 36.0 Å². The minimum Gasteiger partial charge on any atom is -0.453 e. The van der Waals surface area contributed by atoms with Gasteiger partial charge in [0.1, 0.15) is 17.9 Å². The van der Waals surface area contributed by atoms with Gasteiger partial charge in [-0.1, -0.05) is 60.1 Å². The third-order valence-corrected chi connectivity index (χ3v) is 7.27. The normalized spacial score (nSPS) is 18.0. The average Bonchev–Trinajstić information content (AvgIpc) is 3.59. The number of ether oxygens (including phenoxy) is 1. The Morgan fingerprint density at radius 1 is 1.19 bits per heavy atom. The molecular weight excluding hydrogens is 546 g/mol. The van der Waals surface area contributed by atoms with Crippen LogP contribution >= 0.6 is 15.9 Å². The molecule has 2 aliphatic rings. The summed E-state index contributed by atoms with van der Waals surface area (Å²) in [6, 6.07) is 8.60. The van der Waals surface area contributed by atoms with Crippen molar-refractivity contribution in [1.82, 2.24) is 20.2 Å². The van der Waals surface area contributed by atoms with Gasteiger partial charge in [0.05, 0.1) is 12.8 Å². The molecular formula is C27H25BrF2N4O3.